The van der Waals surface area contributed by atoms with E-state index >= 15 is 0 Å². The molecule has 8 heteroatoms. The zero-order valence-electron chi connectivity index (χ0n) is 11.8. The molecule has 6 nitrogen and oxygen atoms in total. The van der Waals surface area contributed by atoms with Gasteiger partial charge in [0.15, 0.2) is 0 Å². The Morgan fingerprint density at radius 2 is 2.05 bits per heavy atom. The molecule has 1 N–H and O–H groups in total. The van der Waals surface area contributed by atoms with Gasteiger partial charge in [-0.15, -0.1) is 0 Å². The summed E-state index contributed by atoms with van der Waals surface area (Å²) in [5.41, 5.74) is -0.279. The van der Waals surface area contributed by atoms with Crippen LogP contribution in [0.4, 0.5) is 4.39 Å². The Labute approximate surface area is 122 Å². The Morgan fingerprint density at radius 1 is 1.38 bits per heavy atom. The van der Waals surface area contributed by atoms with E-state index in [1.807, 2.05) is 18.9 Å². The van der Waals surface area contributed by atoms with Crippen LogP contribution in [-0.4, -0.2) is 61.4 Å². The van der Waals surface area contributed by atoms with Crippen molar-refractivity contribution >= 4 is 16.0 Å². The number of carboxylic acid groups (broad SMARTS) is 1. The molecule has 1 unspecified atom stereocenters. The van der Waals surface area contributed by atoms with E-state index in [1.165, 1.54) is 4.31 Å². The first-order valence-electron chi connectivity index (χ1n) is 6.46. The number of sulfonamides is 1. The third kappa shape index (κ3) is 3.07. The Bertz CT molecular complexity index is 662. The van der Waals surface area contributed by atoms with Crippen molar-refractivity contribution in [2.75, 3.05) is 26.7 Å². The number of likely N-dealkylation sites (N-methyl/N-ethyl adjacent to an activating group) is 1. The van der Waals surface area contributed by atoms with Gasteiger partial charge in [0.1, 0.15) is 10.7 Å². The maximum Gasteiger partial charge on any atom is 0.335 e. The van der Waals surface area contributed by atoms with E-state index in [4.69, 9.17) is 5.11 Å². The fourth-order valence-corrected chi connectivity index (χ4v) is 3.77. The monoisotopic (exact) mass is 316 g/mol. The molecule has 0 aliphatic carbocycles. The molecule has 1 aliphatic heterocycles. The number of benzene rings is 1. The molecule has 1 atom stereocenters. The first kappa shape index (κ1) is 15.9. The Balaban J connectivity index is 2.34. The highest BCUT2D eigenvalue weighted by atomic mass is 32.2. The molecule has 0 radical (unpaired) electrons. The van der Waals surface area contributed by atoms with Gasteiger partial charge < -0.3 is 10.0 Å². The number of halogens is 1. The van der Waals surface area contributed by atoms with Crippen molar-refractivity contribution in [3.8, 4) is 0 Å². The molecule has 1 saturated heterocycles. The summed E-state index contributed by atoms with van der Waals surface area (Å²) in [7, 11) is -2.05. The van der Waals surface area contributed by atoms with Gasteiger partial charge in [0.25, 0.3) is 0 Å². The van der Waals surface area contributed by atoms with E-state index in [2.05, 4.69) is 0 Å². The summed E-state index contributed by atoms with van der Waals surface area (Å²) in [6, 6.07) is 2.87. The van der Waals surface area contributed by atoms with Crippen LogP contribution >= 0.6 is 0 Å². The summed E-state index contributed by atoms with van der Waals surface area (Å²) in [6.45, 7) is 3.02. The Hall–Kier alpha value is -1.51. The van der Waals surface area contributed by atoms with Crippen molar-refractivity contribution in [3.63, 3.8) is 0 Å². The maximum atomic E-state index is 14.0. The minimum atomic E-state index is -3.95. The second-order valence-electron chi connectivity index (χ2n) is 5.14. The molecule has 0 spiro atoms. The van der Waals surface area contributed by atoms with Crippen molar-refractivity contribution in [2.45, 2.75) is 17.9 Å². The van der Waals surface area contributed by atoms with Crippen molar-refractivity contribution in [2.24, 2.45) is 0 Å². The van der Waals surface area contributed by atoms with Gasteiger partial charge >= 0.3 is 5.97 Å². The van der Waals surface area contributed by atoms with Crippen molar-refractivity contribution in [1.82, 2.24) is 9.21 Å². The smallest absolute Gasteiger partial charge is 0.335 e. The molecule has 21 heavy (non-hydrogen) atoms. The number of piperazine rings is 1. The quantitative estimate of drug-likeness (QED) is 0.894. The van der Waals surface area contributed by atoms with Crippen molar-refractivity contribution in [3.05, 3.63) is 29.6 Å². The highest BCUT2D eigenvalue weighted by Crippen LogP contribution is 2.22. The second-order valence-corrected chi connectivity index (χ2v) is 7.05. The third-order valence-electron chi connectivity index (χ3n) is 3.72. The summed E-state index contributed by atoms with van der Waals surface area (Å²) < 4.78 is 40.1. The van der Waals surface area contributed by atoms with Crippen LogP contribution in [0.3, 0.4) is 0 Å². The van der Waals surface area contributed by atoms with Crippen LogP contribution in [0.1, 0.15) is 17.3 Å². The van der Waals surface area contributed by atoms with Crippen LogP contribution in [0, 0.1) is 5.82 Å². The predicted octanol–water partition coefficient (Wildman–Crippen LogP) is 0.849. The number of aromatic carboxylic acids is 1. The molecule has 1 aliphatic rings. The minimum Gasteiger partial charge on any atom is -0.478 e. The van der Waals surface area contributed by atoms with Crippen LogP contribution in [0.25, 0.3) is 0 Å². The molecule has 1 fully saturated rings. The minimum absolute atomic E-state index is 0.0369. The van der Waals surface area contributed by atoms with Crippen LogP contribution in [0.2, 0.25) is 0 Å². The van der Waals surface area contributed by atoms with E-state index in [0.29, 0.717) is 6.54 Å². The number of carboxylic acids is 1. The highest BCUT2D eigenvalue weighted by Gasteiger charge is 2.32. The summed E-state index contributed by atoms with van der Waals surface area (Å²) in [5.74, 6) is -2.34. The van der Waals surface area contributed by atoms with Crippen LogP contribution < -0.4 is 0 Å². The molecular weight excluding hydrogens is 299 g/mol. The lowest BCUT2D eigenvalue weighted by Crippen LogP contribution is -2.51. The fourth-order valence-electron chi connectivity index (χ4n) is 2.22. The molecule has 2 rings (SSSR count). The zero-order chi connectivity index (χ0) is 15.8. The Morgan fingerprint density at radius 3 is 2.57 bits per heavy atom. The molecule has 0 aromatic heterocycles. The van der Waals surface area contributed by atoms with Gasteiger partial charge in [0.05, 0.1) is 5.56 Å². The van der Waals surface area contributed by atoms with Gasteiger partial charge in [-0.25, -0.2) is 17.6 Å². The van der Waals surface area contributed by atoms with Crippen molar-refractivity contribution < 1.29 is 22.7 Å². The van der Waals surface area contributed by atoms with Crippen LogP contribution in [0.5, 0.6) is 0 Å². The molecule has 116 valence electrons. The normalized spacial score (nSPS) is 21.4. The molecule has 1 aromatic carbocycles. The summed E-state index contributed by atoms with van der Waals surface area (Å²) >= 11 is 0. The van der Waals surface area contributed by atoms with E-state index < -0.39 is 26.7 Å². The van der Waals surface area contributed by atoms with Crippen LogP contribution in [0.15, 0.2) is 23.1 Å². The summed E-state index contributed by atoms with van der Waals surface area (Å²) in [5, 5.41) is 8.78. The average Bonchev–Trinajstić information content (AvgIpc) is 2.41. The van der Waals surface area contributed by atoms with E-state index in [1.54, 1.807) is 0 Å². The van der Waals surface area contributed by atoms with Crippen LogP contribution in [-0.2, 0) is 10.0 Å². The first-order chi connectivity index (χ1) is 9.73. The number of carbonyl (C=O) groups is 1. The number of nitrogens with zero attached hydrogens (tertiary/aromatic N) is 2. The summed E-state index contributed by atoms with van der Waals surface area (Å²) in [6.07, 6.45) is 0. The van der Waals surface area contributed by atoms with E-state index in [-0.39, 0.29) is 24.7 Å². The van der Waals surface area contributed by atoms with E-state index in [0.717, 1.165) is 18.2 Å². The lowest BCUT2D eigenvalue weighted by molar-refractivity contribution is 0.0696. The molecule has 0 bridgehead atoms. The lowest BCUT2D eigenvalue weighted by atomic mass is 10.2. The summed E-state index contributed by atoms with van der Waals surface area (Å²) in [4.78, 5) is 12.3. The fraction of sp³-hybridized carbons (Fsp3) is 0.462. The molecule has 1 aromatic rings. The predicted molar refractivity (Wildman–Crippen MR) is 74.2 cm³/mol. The van der Waals surface area contributed by atoms with Gasteiger partial charge in [-0.05, 0) is 32.2 Å². The van der Waals surface area contributed by atoms with Gasteiger partial charge in [0, 0.05) is 25.7 Å². The largest absolute Gasteiger partial charge is 0.478 e. The molecule has 1 heterocycles. The highest BCUT2D eigenvalue weighted by molar-refractivity contribution is 7.89. The molecule has 0 amide bonds. The SMILES string of the molecule is CC1CN(S(=O)(=O)c2ccc(C(=O)O)cc2F)CCN1C. The number of hydrogen-bond donors (Lipinski definition) is 1. The standard InChI is InChI=1S/C13H17FN2O4S/c1-9-8-16(6-5-15(9)2)21(19,20)12-4-3-10(13(17)18)7-11(12)14/h3-4,7,9H,5-6,8H2,1-2H3,(H,17,18). The first-order valence-corrected chi connectivity index (χ1v) is 7.90. The lowest BCUT2D eigenvalue weighted by Gasteiger charge is -2.36. The molecule has 0 saturated carbocycles. The maximum absolute atomic E-state index is 14.0. The molecular formula is C13H17FN2O4S. The van der Waals surface area contributed by atoms with Gasteiger partial charge in [-0.1, -0.05) is 0 Å². The van der Waals surface area contributed by atoms with Gasteiger partial charge in [0.2, 0.25) is 10.0 Å². The topological polar surface area (TPSA) is 77.9 Å². The second kappa shape index (κ2) is 5.70. The zero-order valence-corrected chi connectivity index (χ0v) is 12.6. The van der Waals surface area contributed by atoms with Crippen molar-refractivity contribution in [1.29, 1.82) is 0 Å². The average molecular weight is 316 g/mol. The number of rotatable bonds is 3. The van der Waals surface area contributed by atoms with Gasteiger partial charge in [-0.3, -0.25) is 0 Å². The third-order valence-corrected chi connectivity index (χ3v) is 5.62. The van der Waals surface area contributed by atoms with Gasteiger partial charge in [-0.2, -0.15) is 4.31 Å². The number of hydrogen-bond acceptors (Lipinski definition) is 4. The van der Waals surface area contributed by atoms with E-state index in [9.17, 15) is 17.6 Å². The Kier molecular flexibility index (Phi) is 4.31.